The number of ether oxygens (including phenoxy) is 1. The first-order valence-corrected chi connectivity index (χ1v) is 8.15. The largest absolute Gasteiger partial charge is 0.497 e. The Hall–Kier alpha value is -2.79. The second-order valence-electron chi connectivity index (χ2n) is 5.63. The zero-order valence-electron chi connectivity index (χ0n) is 14.2. The molecule has 128 valence electrons. The third kappa shape index (κ3) is 3.51. The monoisotopic (exact) mass is 355 g/mol. The van der Waals surface area contributed by atoms with Crippen molar-refractivity contribution in [2.75, 3.05) is 12.4 Å². The van der Waals surface area contributed by atoms with Gasteiger partial charge in [-0.05, 0) is 44.2 Å². The molecule has 5 nitrogen and oxygen atoms in total. The van der Waals surface area contributed by atoms with E-state index in [-0.39, 0.29) is 5.91 Å². The van der Waals surface area contributed by atoms with E-state index < -0.39 is 0 Å². The van der Waals surface area contributed by atoms with Crippen LogP contribution in [0.1, 0.15) is 21.7 Å². The van der Waals surface area contributed by atoms with Crippen molar-refractivity contribution in [1.29, 1.82) is 0 Å². The van der Waals surface area contributed by atoms with Gasteiger partial charge in [0.25, 0.3) is 5.91 Å². The van der Waals surface area contributed by atoms with E-state index in [0.717, 1.165) is 17.1 Å². The van der Waals surface area contributed by atoms with Crippen LogP contribution in [0.2, 0.25) is 5.02 Å². The molecule has 0 saturated carbocycles. The number of nitrogens with zero attached hydrogens (tertiary/aromatic N) is 2. The van der Waals surface area contributed by atoms with Gasteiger partial charge in [0.05, 0.1) is 29.2 Å². The van der Waals surface area contributed by atoms with Crippen molar-refractivity contribution in [1.82, 2.24) is 9.78 Å². The van der Waals surface area contributed by atoms with Crippen LogP contribution in [0.15, 0.2) is 48.5 Å². The Balaban J connectivity index is 1.88. The molecule has 0 spiro atoms. The minimum absolute atomic E-state index is 0.206. The Morgan fingerprint density at radius 1 is 1.16 bits per heavy atom. The summed E-state index contributed by atoms with van der Waals surface area (Å²) in [5.41, 5.74) is 3.58. The molecule has 3 aromatic rings. The number of methoxy groups -OCH3 is 1. The fourth-order valence-corrected chi connectivity index (χ4v) is 2.68. The van der Waals surface area contributed by atoms with Crippen molar-refractivity contribution >= 4 is 23.2 Å². The number of benzene rings is 2. The third-order valence-corrected chi connectivity index (χ3v) is 4.43. The Kier molecular flexibility index (Phi) is 4.76. The van der Waals surface area contributed by atoms with Crippen LogP contribution >= 0.6 is 11.6 Å². The minimum Gasteiger partial charge on any atom is -0.497 e. The Morgan fingerprint density at radius 3 is 2.60 bits per heavy atom. The van der Waals surface area contributed by atoms with Crippen LogP contribution in [-0.2, 0) is 0 Å². The first-order chi connectivity index (χ1) is 12.0. The van der Waals surface area contributed by atoms with Crippen molar-refractivity contribution in [2.24, 2.45) is 0 Å². The molecule has 0 bridgehead atoms. The van der Waals surface area contributed by atoms with Gasteiger partial charge in [-0.15, -0.1) is 0 Å². The molecule has 1 amide bonds. The molecule has 0 saturated heterocycles. The molecule has 25 heavy (non-hydrogen) atoms. The molecule has 2 aromatic carbocycles. The molecule has 0 atom stereocenters. The molecule has 0 unspecified atom stereocenters. The number of carbonyl (C=O) groups excluding carboxylic acids is 1. The lowest BCUT2D eigenvalue weighted by atomic mass is 10.1. The number of anilines is 1. The summed E-state index contributed by atoms with van der Waals surface area (Å²) >= 11 is 6.21. The fourth-order valence-electron chi connectivity index (χ4n) is 2.56. The van der Waals surface area contributed by atoms with Gasteiger partial charge >= 0.3 is 0 Å². The normalized spacial score (nSPS) is 10.6. The van der Waals surface area contributed by atoms with Crippen LogP contribution in [0.25, 0.3) is 5.69 Å². The molecule has 1 heterocycles. The van der Waals surface area contributed by atoms with Gasteiger partial charge in [0, 0.05) is 17.3 Å². The van der Waals surface area contributed by atoms with Gasteiger partial charge in [-0.2, -0.15) is 5.10 Å². The van der Waals surface area contributed by atoms with E-state index in [0.29, 0.717) is 22.0 Å². The maximum atomic E-state index is 12.5. The Labute approximate surface area is 151 Å². The number of aryl methyl sites for hydroxylation is 1. The van der Waals surface area contributed by atoms with Crippen LogP contribution in [-0.4, -0.2) is 22.8 Å². The van der Waals surface area contributed by atoms with E-state index in [1.807, 2.05) is 44.2 Å². The summed E-state index contributed by atoms with van der Waals surface area (Å²) in [6.45, 7) is 3.75. The van der Waals surface area contributed by atoms with Crippen LogP contribution < -0.4 is 10.1 Å². The van der Waals surface area contributed by atoms with E-state index >= 15 is 0 Å². The highest BCUT2D eigenvalue weighted by Crippen LogP contribution is 2.23. The first kappa shape index (κ1) is 17.0. The smallest absolute Gasteiger partial charge is 0.255 e. The number of aromatic nitrogens is 2. The van der Waals surface area contributed by atoms with E-state index in [2.05, 4.69) is 10.4 Å². The SMILES string of the molecule is COc1cccc(NC(=O)c2cccc(-n3nc(C)c(Cl)c3C)c2)c1. The van der Waals surface area contributed by atoms with Crippen molar-refractivity contribution in [3.63, 3.8) is 0 Å². The number of amides is 1. The predicted octanol–water partition coefficient (Wildman–Crippen LogP) is 4.40. The molecule has 0 aliphatic carbocycles. The molecule has 3 rings (SSSR count). The van der Waals surface area contributed by atoms with Gasteiger partial charge in [0.15, 0.2) is 0 Å². The van der Waals surface area contributed by atoms with Gasteiger partial charge in [0.1, 0.15) is 5.75 Å². The summed E-state index contributed by atoms with van der Waals surface area (Å²) in [5.74, 6) is 0.478. The number of hydrogen-bond acceptors (Lipinski definition) is 3. The number of halogens is 1. The highest BCUT2D eigenvalue weighted by Gasteiger charge is 2.13. The molecule has 1 aromatic heterocycles. The van der Waals surface area contributed by atoms with Gasteiger partial charge in [0.2, 0.25) is 0 Å². The molecule has 6 heteroatoms. The zero-order valence-corrected chi connectivity index (χ0v) is 15.0. The number of nitrogens with one attached hydrogen (secondary N) is 1. The number of rotatable bonds is 4. The maximum Gasteiger partial charge on any atom is 0.255 e. The first-order valence-electron chi connectivity index (χ1n) is 7.77. The third-order valence-electron chi connectivity index (χ3n) is 3.88. The summed E-state index contributed by atoms with van der Waals surface area (Å²) in [6, 6.07) is 14.5. The van der Waals surface area contributed by atoms with E-state index in [1.54, 1.807) is 30.0 Å². The Morgan fingerprint density at radius 2 is 1.92 bits per heavy atom. The highest BCUT2D eigenvalue weighted by molar-refractivity contribution is 6.31. The lowest BCUT2D eigenvalue weighted by Crippen LogP contribution is -2.12. The van der Waals surface area contributed by atoms with Gasteiger partial charge in [-0.1, -0.05) is 23.7 Å². The topological polar surface area (TPSA) is 56.1 Å². The van der Waals surface area contributed by atoms with E-state index in [4.69, 9.17) is 16.3 Å². The van der Waals surface area contributed by atoms with Crippen LogP contribution in [0.3, 0.4) is 0 Å². The predicted molar refractivity (Wildman–Crippen MR) is 99.0 cm³/mol. The molecule has 0 radical (unpaired) electrons. The van der Waals surface area contributed by atoms with Crippen molar-refractivity contribution in [2.45, 2.75) is 13.8 Å². The van der Waals surface area contributed by atoms with Gasteiger partial charge in [-0.3, -0.25) is 4.79 Å². The second kappa shape index (κ2) is 6.99. The number of carbonyl (C=O) groups is 1. The van der Waals surface area contributed by atoms with Crippen LogP contribution in [0.4, 0.5) is 5.69 Å². The minimum atomic E-state index is -0.206. The second-order valence-corrected chi connectivity index (χ2v) is 6.01. The van der Waals surface area contributed by atoms with Crippen molar-refractivity contribution in [3.05, 3.63) is 70.5 Å². The summed E-state index contributed by atoms with van der Waals surface area (Å²) in [7, 11) is 1.59. The fraction of sp³-hybridized carbons (Fsp3) is 0.158. The lowest BCUT2D eigenvalue weighted by molar-refractivity contribution is 0.102. The molecule has 0 aliphatic heterocycles. The van der Waals surface area contributed by atoms with Crippen molar-refractivity contribution in [3.8, 4) is 11.4 Å². The molecule has 0 aliphatic rings. The molecular formula is C19H18ClN3O2. The Bertz CT molecular complexity index is 934. The summed E-state index contributed by atoms with van der Waals surface area (Å²) in [5, 5.41) is 7.92. The standard InChI is InChI=1S/C19H18ClN3O2/c1-12-18(20)13(2)23(22-12)16-8-4-6-14(10-16)19(24)21-15-7-5-9-17(11-15)25-3/h4-11H,1-3H3,(H,21,24). The van der Waals surface area contributed by atoms with Crippen molar-refractivity contribution < 1.29 is 9.53 Å². The van der Waals surface area contributed by atoms with Crippen LogP contribution in [0.5, 0.6) is 5.75 Å². The number of hydrogen-bond donors (Lipinski definition) is 1. The van der Waals surface area contributed by atoms with Gasteiger partial charge < -0.3 is 10.1 Å². The van der Waals surface area contributed by atoms with Gasteiger partial charge in [-0.25, -0.2) is 4.68 Å². The summed E-state index contributed by atoms with van der Waals surface area (Å²) in [6.07, 6.45) is 0. The zero-order chi connectivity index (χ0) is 18.0. The average molecular weight is 356 g/mol. The highest BCUT2D eigenvalue weighted by atomic mass is 35.5. The average Bonchev–Trinajstić information content (AvgIpc) is 2.89. The van der Waals surface area contributed by atoms with E-state index in [9.17, 15) is 4.79 Å². The maximum absolute atomic E-state index is 12.5. The quantitative estimate of drug-likeness (QED) is 0.754. The molecule has 1 N–H and O–H groups in total. The van der Waals surface area contributed by atoms with Crippen LogP contribution in [0, 0.1) is 13.8 Å². The summed E-state index contributed by atoms with van der Waals surface area (Å²) in [4.78, 5) is 12.5. The van der Waals surface area contributed by atoms with E-state index in [1.165, 1.54) is 0 Å². The lowest BCUT2D eigenvalue weighted by Gasteiger charge is -2.09. The molecule has 0 fully saturated rings. The summed E-state index contributed by atoms with van der Waals surface area (Å²) < 4.78 is 6.91. The molecular weight excluding hydrogens is 338 g/mol.